The molecular weight excluding hydrogens is 237 g/mol. The predicted octanol–water partition coefficient (Wildman–Crippen LogP) is 1.63. The Morgan fingerprint density at radius 3 is 2.89 bits per heavy atom. The second-order valence-corrected chi connectivity index (χ2v) is 3.36. The largest absolute Gasteiger partial charge is 0.481 e. The lowest BCUT2D eigenvalue weighted by Gasteiger charge is -2.07. The lowest BCUT2D eigenvalue weighted by atomic mass is 10.3. The van der Waals surface area contributed by atoms with Crippen molar-refractivity contribution in [2.45, 2.75) is 0 Å². The van der Waals surface area contributed by atoms with E-state index < -0.39 is 11.7 Å². The zero-order valence-corrected chi connectivity index (χ0v) is 9.34. The predicted molar refractivity (Wildman–Crippen MR) is 62.6 cm³/mol. The second kappa shape index (κ2) is 5.72. The smallest absolute Gasteiger partial charge is 0.263 e. The highest BCUT2D eigenvalue weighted by molar-refractivity contribution is 5.90. The van der Waals surface area contributed by atoms with Gasteiger partial charge in [0.25, 0.3) is 5.91 Å². The minimum Gasteiger partial charge on any atom is -0.481 e. The van der Waals surface area contributed by atoms with Crippen LogP contribution < -0.4 is 10.1 Å². The molecule has 0 aliphatic heterocycles. The van der Waals surface area contributed by atoms with Crippen molar-refractivity contribution in [3.63, 3.8) is 0 Å². The van der Waals surface area contributed by atoms with E-state index >= 15 is 0 Å². The fourth-order valence-electron chi connectivity index (χ4n) is 1.25. The van der Waals surface area contributed by atoms with E-state index in [1.54, 1.807) is 18.2 Å². The van der Waals surface area contributed by atoms with Gasteiger partial charge in [-0.05, 0) is 18.2 Å². The maximum absolute atomic E-state index is 13.2. The fourth-order valence-corrected chi connectivity index (χ4v) is 1.25. The third-order valence-electron chi connectivity index (χ3n) is 2.04. The molecule has 0 saturated heterocycles. The molecule has 0 bridgehead atoms. The summed E-state index contributed by atoms with van der Waals surface area (Å²) in [4.78, 5) is 19.0. The van der Waals surface area contributed by atoms with E-state index in [4.69, 9.17) is 4.74 Å². The monoisotopic (exact) mass is 247 g/mol. The maximum Gasteiger partial charge on any atom is 0.263 e. The van der Waals surface area contributed by atoms with Crippen LogP contribution in [0.5, 0.6) is 5.75 Å². The van der Waals surface area contributed by atoms with E-state index in [1.165, 1.54) is 24.7 Å². The van der Waals surface area contributed by atoms with Crippen LogP contribution in [0.4, 0.5) is 10.2 Å². The van der Waals surface area contributed by atoms with Gasteiger partial charge >= 0.3 is 0 Å². The number of benzene rings is 1. The number of carbonyl (C=O) groups excluding carboxylic acids is 1. The summed E-state index contributed by atoms with van der Waals surface area (Å²) in [6.07, 6.45) is 2.81. The van der Waals surface area contributed by atoms with Gasteiger partial charge in [0.05, 0.1) is 0 Å². The first-order chi connectivity index (χ1) is 8.75. The number of hydrogen-bond donors (Lipinski definition) is 1. The van der Waals surface area contributed by atoms with Gasteiger partial charge in [-0.3, -0.25) is 4.79 Å². The molecule has 5 nitrogen and oxygen atoms in total. The number of carbonyl (C=O) groups is 1. The van der Waals surface area contributed by atoms with E-state index in [0.29, 0.717) is 5.82 Å². The van der Waals surface area contributed by atoms with Gasteiger partial charge in [-0.25, -0.2) is 14.4 Å². The Labute approximate surface area is 103 Å². The van der Waals surface area contributed by atoms with Gasteiger partial charge in [-0.2, -0.15) is 0 Å². The molecule has 0 radical (unpaired) electrons. The third kappa shape index (κ3) is 3.24. The standard InChI is InChI=1S/C12H10FN3O2/c13-9-3-1-2-4-10(9)18-7-12(17)16-11-5-6-14-8-15-11/h1-6,8H,7H2,(H,14,15,16,17). The van der Waals surface area contributed by atoms with E-state index in [9.17, 15) is 9.18 Å². The SMILES string of the molecule is O=C(COc1ccccc1F)Nc1ccncn1. The zero-order valence-electron chi connectivity index (χ0n) is 9.34. The number of para-hydroxylation sites is 1. The van der Waals surface area contributed by atoms with Crippen LogP contribution in [-0.4, -0.2) is 22.5 Å². The molecule has 2 aromatic rings. The first-order valence-electron chi connectivity index (χ1n) is 5.19. The lowest BCUT2D eigenvalue weighted by molar-refractivity contribution is -0.118. The molecular formula is C12H10FN3O2. The molecule has 2 rings (SSSR count). The van der Waals surface area contributed by atoms with Gasteiger partial charge in [-0.1, -0.05) is 12.1 Å². The highest BCUT2D eigenvalue weighted by atomic mass is 19.1. The summed E-state index contributed by atoms with van der Waals surface area (Å²) in [5.41, 5.74) is 0. The highest BCUT2D eigenvalue weighted by Crippen LogP contribution is 2.15. The number of halogens is 1. The zero-order chi connectivity index (χ0) is 12.8. The highest BCUT2D eigenvalue weighted by Gasteiger charge is 2.06. The Balaban J connectivity index is 1.88. The summed E-state index contributed by atoms with van der Waals surface area (Å²) in [6.45, 7) is -0.287. The Kier molecular flexibility index (Phi) is 3.80. The van der Waals surface area contributed by atoms with Crippen LogP contribution in [0.15, 0.2) is 42.9 Å². The number of rotatable bonds is 4. The molecule has 0 aliphatic rings. The molecule has 0 atom stereocenters. The number of hydrogen-bond acceptors (Lipinski definition) is 4. The summed E-state index contributed by atoms with van der Waals surface area (Å²) in [6, 6.07) is 7.43. The van der Waals surface area contributed by atoms with E-state index in [2.05, 4.69) is 15.3 Å². The average Bonchev–Trinajstić information content (AvgIpc) is 2.39. The second-order valence-electron chi connectivity index (χ2n) is 3.36. The minimum absolute atomic E-state index is 0.0373. The number of nitrogens with one attached hydrogen (secondary N) is 1. The Bertz CT molecular complexity index is 534. The molecule has 1 aromatic heterocycles. The topological polar surface area (TPSA) is 64.1 Å². The molecule has 1 aromatic carbocycles. The Morgan fingerprint density at radius 1 is 1.33 bits per heavy atom. The van der Waals surface area contributed by atoms with Crippen molar-refractivity contribution in [1.82, 2.24) is 9.97 Å². The van der Waals surface area contributed by atoms with Crippen molar-refractivity contribution in [1.29, 1.82) is 0 Å². The van der Waals surface area contributed by atoms with Crippen LogP contribution in [0.3, 0.4) is 0 Å². The van der Waals surface area contributed by atoms with Gasteiger partial charge in [0.2, 0.25) is 0 Å². The third-order valence-corrected chi connectivity index (χ3v) is 2.04. The molecule has 0 unspecified atom stereocenters. The minimum atomic E-state index is -0.507. The Morgan fingerprint density at radius 2 is 2.17 bits per heavy atom. The number of amides is 1. The Hall–Kier alpha value is -2.50. The normalized spacial score (nSPS) is 9.83. The number of ether oxygens (including phenoxy) is 1. The van der Waals surface area contributed by atoms with Crippen LogP contribution in [-0.2, 0) is 4.79 Å². The average molecular weight is 247 g/mol. The molecule has 0 saturated carbocycles. The first kappa shape index (κ1) is 12.0. The fraction of sp³-hybridized carbons (Fsp3) is 0.0833. The van der Waals surface area contributed by atoms with Gasteiger partial charge in [0, 0.05) is 6.20 Å². The summed E-state index contributed by atoms with van der Waals surface area (Å²) in [5, 5.41) is 2.49. The van der Waals surface area contributed by atoms with E-state index in [-0.39, 0.29) is 12.4 Å². The van der Waals surface area contributed by atoms with Crippen LogP contribution in [0.1, 0.15) is 0 Å². The van der Waals surface area contributed by atoms with Gasteiger partial charge in [0.1, 0.15) is 12.1 Å². The van der Waals surface area contributed by atoms with Crippen LogP contribution in [0.25, 0.3) is 0 Å². The molecule has 1 amide bonds. The van der Waals surface area contributed by atoms with Gasteiger partial charge < -0.3 is 10.1 Å². The quantitative estimate of drug-likeness (QED) is 0.891. The molecule has 1 N–H and O–H groups in total. The molecule has 0 fully saturated rings. The van der Waals surface area contributed by atoms with E-state index in [0.717, 1.165) is 0 Å². The van der Waals surface area contributed by atoms with Crippen molar-refractivity contribution in [3.05, 3.63) is 48.7 Å². The summed E-state index contributed by atoms with van der Waals surface area (Å²) in [5.74, 6) is -0.522. The molecule has 0 aliphatic carbocycles. The van der Waals surface area contributed by atoms with Crippen molar-refractivity contribution in [2.24, 2.45) is 0 Å². The first-order valence-corrected chi connectivity index (χ1v) is 5.19. The van der Waals surface area contributed by atoms with Crippen molar-refractivity contribution in [2.75, 3.05) is 11.9 Å². The summed E-state index contributed by atoms with van der Waals surface area (Å²) < 4.78 is 18.2. The van der Waals surface area contributed by atoms with Crippen molar-refractivity contribution >= 4 is 11.7 Å². The summed E-state index contributed by atoms with van der Waals surface area (Å²) >= 11 is 0. The van der Waals surface area contributed by atoms with E-state index in [1.807, 2.05) is 0 Å². The van der Waals surface area contributed by atoms with Crippen molar-refractivity contribution in [3.8, 4) is 5.75 Å². The number of anilines is 1. The lowest BCUT2D eigenvalue weighted by Crippen LogP contribution is -2.21. The van der Waals surface area contributed by atoms with Crippen molar-refractivity contribution < 1.29 is 13.9 Å². The molecule has 92 valence electrons. The molecule has 0 spiro atoms. The molecule has 6 heteroatoms. The van der Waals surface area contributed by atoms with Crippen LogP contribution in [0, 0.1) is 5.82 Å². The van der Waals surface area contributed by atoms with Crippen LogP contribution >= 0.6 is 0 Å². The van der Waals surface area contributed by atoms with Crippen LogP contribution in [0.2, 0.25) is 0 Å². The molecule has 18 heavy (non-hydrogen) atoms. The van der Waals surface area contributed by atoms with Gasteiger partial charge in [-0.15, -0.1) is 0 Å². The maximum atomic E-state index is 13.2. The molecule has 1 heterocycles. The summed E-state index contributed by atoms with van der Waals surface area (Å²) in [7, 11) is 0. The van der Waals surface area contributed by atoms with Gasteiger partial charge in [0.15, 0.2) is 18.2 Å². The number of aromatic nitrogens is 2. The number of nitrogens with zero attached hydrogens (tertiary/aromatic N) is 2.